The summed E-state index contributed by atoms with van der Waals surface area (Å²) >= 11 is 0. The highest BCUT2D eigenvalue weighted by Crippen LogP contribution is 1.98. The van der Waals surface area contributed by atoms with Crippen LogP contribution in [0.15, 0.2) is 0 Å². The van der Waals surface area contributed by atoms with E-state index in [1.54, 1.807) is 0 Å². The molecule has 0 aliphatic rings. The molecule has 0 aromatic heterocycles. The molecular weight excluding hydrogens is 254 g/mol. The van der Waals surface area contributed by atoms with Crippen LogP contribution < -0.4 is 22.9 Å². The van der Waals surface area contributed by atoms with Crippen LogP contribution in [0.1, 0.15) is 12.8 Å². The summed E-state index contributed by atoms with van der Waals surface area (Å²) in [6.07, 6.45) is 0.524. The number of carbonyl (C=O) groups excluding carboxylic acids is 1. The summed E-state index contributed by atoms with van der Waals surface area (Å²) in [5.74, 6) is -1.44. The van der Waals surface area contributed by atoms with Crippen LogP contribution in [0.3, 0.4) is 0 Å². The molecule has 17 heavy (non-hydrogen) atoms. The molecule has 0 aromatic carbocycles. The lowest BCUT2D eigenvalue weighted by Gasteiger charge is -2.09. The van der Waals surface area contributed by atoms with Crippen LogP contribution in [-0.2, 0) is 19.4 Å². The van der Waals surface area contributed by atoms with Crippen molar-refractivity contribution in [2.24, 2.45) is 11.5 Å². The molecule has 0 aliphatic carbocycles. The lowest BCUT2D eigenvalue weighted by Crippen LogP contribution is -2.36. The molecule has 10 N–H and O–H groups in total. The Morgan fingerprint density at radius 2 is 2.06 bits per heavy atom. The van der Waals surface area contributed by atoms with Gasteiger partial charge >= 0.3 is 16.4 Å². The quantitative estimate of drug-likeness (QED) is 0.138. The first-order valence-corrected chi connectivity index (χ1v) is 5.63. The smallest absolute Gasteiger partial charge is 0.370 e. The van der Waals surface area contributed by atoms with Gasteiger partial charge in [0.05, 0.1) is 0 Å². The Kier molecular flexibility index (Phi) is 8.21. The van der Waals surface area contributed by atoms with Crippen LogP contribution >= 0.6 is 0 Å². The van der Waals surface area contributed by atoms with E-state index >= 15 is 0 Å². The Hall–Kier alpha value is -1.43. The SMILES string of the molecule is N.N=C(N)NCCC[C@H](N)C(=O)OS(=O)(=O)O. The third-order valence-corrected chi connectivity index (χ3v) is 1.87. The van der Waals surface area contributed by atoms with Crippen LogP contribution in [-0.4, -0.2) is 37.5 Å². The zero-order valence-corrected chi connectivity index (χ0v) is 9.87. The van der Waals surface area contributed by atoms with Gasteiger partial charge in [0, 0.05) is 6.54 Å². The summed E-state index contributed by atoms with van der Waals surface area (Å²) in [6.45, 7) is 0.322. The van der Waals surface area contributed by atoms with E-state index in [4.69, 9.17) is 21.4 Å². The van der Waals surface area contributed by atoms with Crippen molar-refractivity contribution in [1.82, 2.24) is 11.5 Å². The van der Waals surface area contributed by atoms with Crippen molar-refractivity contribution in [2.45, 2.75) is 18.9 Å². The first-order valence-electron chi connectivity index (χ1n) is 4.26. The third kappa shape index (κ3) is 10.8. The van der Waals surface area contributed by atoms with Gasteiger partial charge in [-0.05, 0) is 12.8 Å². The highest BCUT2D eigenvalue weighted by Gasteiger charge is 2.20. The lowest BCUT2D eigenvalue weighted by atomic mass is 10.2. The Morgan fingerprint density at radius 1 is 1.53 bits per heavy atom. The molecule has 11 heteroatoms. The van der Waals surface area contributed by atoms with Crippen molar-refractivity contribution in [3.8, 4) is 0 Å². The van der Waals surface area contributed by atoms with E-state index in [-0.39, 0.29) is 18.5 Å². The van der Waals surface area contributed by atoms with Gasteiger partial charge in [0.2, 0.25) is 0 Å². The Morgan fingerprint density at radius 3 is 2.47 bits per heavy atom. The highest BCUT2D eigenvalue weighted by molar-refractivity contribution is 7.81. The molecule has 0 amide bonds. The maximum absolute atomic E-state index is 10.9. The van der Waals surface area contributed by atoms with Gasteiger partial charge in [-0.15, -0.1) is 0 Å². The summed E-state index contributed by atoms with van der Waals surface area (Å²) in [4.78, 5) is 10.9. The minimum absolute atomic E-state index is 0. The van der Waals surface area contributed by atoms with Gasteiger partial charge in [-0.2, -0.15) is 8.42 Å². The second-order valence-corrected chi connectivity index (χ2v) is 3.94. The normalized spacial score (nSPS) is 12.1. The van der Waals surface area contributed by atoms with E-state index in [0.29, 0.717) is 13.0 Å². The Labute approximate surface area is 98.7 Å². The van der Waals surface area contributed by atoms with E-state index in [0.717, 1.165) is 0 Å². The summed E-state index contributed by atoms with van der Waals surface area (Å²) in [6, 6.07) is -1.16. The maximum atomic E-state index is 10.9. The zero-order valence-electron chi connectivity index (χ0n) is 9.05. The standard InChI is InChI=1S/C6H14N4O5S.H3N/c7-4(2-1-3-10-6(8)9)5(11)15-16(12,13)14;/h4H,1-3,7H2,(H4,8,9,10)(H,12,13,14);1H3/t4-;/m0./s1. The molecule has 0 unspecified atom stereocenters. The summed E-state index contributed by atoms with van der Waals surface area (Å²) in [5, 5.41) is 9.29. The predicted octanol–water partition coefficient (Wildman–Crippen LogP) is -1.92. The van der Waals surface area contributed by atoms with Crippen molar-refractivity contribution >= 4 is 22.3 Å². The van der Waals surface area contributed by atoms with Gasteiger partial charge < -0.3 is 27.1 Å². The molecule has 0 aliphatic heterocycles. The first-order chi connectivity index (χ1) is 7.22. The summed E-state index contributed by atoms with van der Waals surface area (Å²) in [5.41, 5.74) is 10.3. The topological polar surface area (TPSA) is 204 Å². The average molecular weight is 271 g/mol. The van der Waals surface area contributed by atoms with Gasteiger partial charge in [0.1, 0.15) is 6.04 Å². The molecular formula is C6H17N5O5S. The fraction of sp³-hybridized carbons (Fsp3) is 0.667. The van der Waals surface area contributed by atoms with E-state index in [1.807, 2.05) is 0 Å². The average Bonchev–Trinajstić information content (AvgIpc) is 2.08. The van der Waals surface area contributed by atoms with Crippen molar-refractivity contribution in [3.63, 3.8) is 0 Å². The number of hydrogen-bond acceptors (Lipinski definition) is 7. The fourth-order valence-electron chi connectivity index (χ4n) is 0.828. The molecule has 0 heterocycles. The minimum Gasteiger partial charge on any atom is -0.370 e. The maximum Gasteiger partial charge on any atom is 0.449 e. The van der Waals surface area contributed by atoms with Gasteiger partial charge in [-0.3, -0.25) is 9.96 Å². The molecule has 0 saturated heterocycles. The lowest BCUT2D eigenvalue weighted by molar-refractivity contribution is -0.136. The van der Waals surface area contributed by atoms with Crippen LogP contribution in [0.5, 0.6) is 0 Å². The van der Waals surface area contributed by atoms with Crippen LogP contribution in [0, 0.1) is 5.41 Å². The van der Waals surface area contributed by atoms with Crippen molar-refractivity contribution in [2.75, 3.05) is 6.54 Å². The molecule has 10 nitrogen and oxygen atoms in total. The van der Waals surface area contributed by atoms with Crippen LogP contribution in [0.2, 0.25) is 0 Å². The second kappa shape index (κ2) is 7.78. The largest absolute Gasteiger partial charge is 0.449 e. The highest BCUT2D eigenvalue weighted by atomic mass is 32.3. The molecule has 0 fully saturated rings. The molecule has 0 spiro atoms. The molecule has 0 bridgehead atoms. The van der Waals surface area contributed by atoms with Crippen molar-refractivity contribution < 1.29 is 21.9 Å². The molecule has 102 valence electrons. The molecule has 0 aromatic rings. The summed E-state index contributed by atoms with van der Waals surface area (Å²) in [7, 11) is -4.81. The van der Waals surface area contributed by atoms with Crippen LogP contribution in [0.4, 0.5) is 0 Å². The Bertz CT molecular complexity index is 356. The second-order valence-electron chi connectivity index (χ2n) is 2.92. The van der Waals surface area contributed by atoms with E-state index in [9.17, 15) is 13.2 Å². The minimum atomic E-state index is -4.81. The third-order valence-electron chi connectivity index (χ3n) is 1.50. The number of hydrogen-bond donors (Lipinski definition) is 6. The number of nitrogens with two attached hydrogens (primary N) is 2. The zero-order chi connectivity index (χ0) is 12.8. The van der Waals surface area contributed by atoms with Crippen LogP contribution in [0.25, 0.3) is 0 Å². The summed E-state index contributed by atoms with van der Waals surface area (Å²) < 4.78 is 32.2. The first kappa shape index (κ1) is 17.9. The number of carbonyl (C=O) groups is 1. The van der Waals surface area contributed by atoms with Gasteiger partial charge in [0.25, 0.3) is 0 Å². The van der Waals surface area contributed by atoms with Gasteiger partial charge in [-0.1, -0.05) is 0 Å². The Balaban J connectivity index is 0. The monoisotopic (exact) mass is 271 g/mol. The fourth-order valence-corrected chi connectivity index (χ4v) is 1.16. The number of rotatable bonds is 6. The van der Waals surface area contributed by atoms with Crippen molar-refractivity contribution in [3.05, 3.63) is 0 Å². The van der Waals surface area contributed by atoms with E-state index in [1.165, 1.54) is 0 Å². The molecule has 0 saturated carbocycles. The van der Waals surface area contributed by atoms with Crippen molar-refractivity contribution in [1.29, 1.82) is 5.41 Å². The van der Waals surface area contributed by atoms with Gasteiger partial charge in [-0.25, -0.2) is 4.79 Å². The van der Waals surface area contributed by atoms with Gasteiger partial charge in [0.15, 0.2) is 5.96 Å². The predicted molar refractivity (Wildman–Crippen MR) is 59.8 cm³/mol. The molecule has 0 radical (unpaired) electrons. The molecule has 1 atom stereocenters. The number of guanidine groups is 1. The van der Waals surface area contributed by atoms with E-state index < -0.39 is 22.4 Å². The number of nitrogens with one attached hydrogen (secondary N) is 2. The van der Waals surface area contributed by atoms with E-state index in [2.05, 4.69) is 9.50 Å². The molecule has 0 rings (SSSR count).